The number of aromatic nitrogens is 5. The SMILES string of the molecule is COC(=O)c1c(-c2cnn(CC34CC5CC(CC(C5)C3)C4)c2C)ccc2c1ccn2-c1cc(C)c(Cl)nn1. The molecule has 8 rings (SSSR count). The molecule has 0 amide bonds. The summed E-state index contributed by atoms with van der Waals surface area (Å²) in [4.78, 5) is 13.2. The summed E-state index contributed by atoms with van der Waals surface area (Å²) in [6.07, 6.45) is 12.2. The van der Waals surface area contributed by atoms with E-state index >= 15 is 0 Å². The third-order valence-electron chi connectivity index (χ3n) is 9.46. The monoisotopic (exact) mass is 529 g/mol. The molecule has 3 aromatic heterocycles. The van der Waals surface area contributed by atoms with Crippen LogP contribution in [0.25, 0.3) is 27.8 Å². The number of hydrogen-bond acceptors (Lipinski definition) is 5. The maximum absolute atomic E-state index is 13.2. The van der Waals surface area contributed by atoms with Gasteiger partial charge < -0.3 is 4.74 Å². The molecule has 8 heteroatoms. The Balaban J connectivity index is 1.29. The molecule has 0 N–H and O–H groups in total. The minimum Gasteiger partial charge on any atom is -0.465 e. The number of halogens is 1. The van der Waals surface area contributed by atoms with Crippen molar-refractivity contribution in [3.63, 3.8) is 0 Å². The van der Waals surface area contributed by atoms with Crippen LogP contribution in [0.4, 0.5) is 0 Å². The van der Waals surface area contributed by atoms with Gasteiger partial charge in [0.05, 0.1) is 24.4 Å². The molecule has 1 aromatic carbocycles. The minimum absolute atomic E-state index is 0.366. The normalized spacial score (nSPS) is 25.8. The molecule has 38 heavy (non-hydrogen) atoms. The Morgan fingerprint density at radius 2 is 1.76 bits per heavy atom. The quantitative estimate of drug-likeness (QED) is 0.274. The molecule has 196 valence electrons. The second-order valence-electron chi connectivity index (χ2n) is 12.0. The van der Waals surface area contributed by atoms with Crippen molar-refractivity contribution in [1.82, 2.24) is 24.5 Å². The highest BCUT2D eigenvalue weighted by Gasteiger charge is 2.51. The van der Waals surface area contributed by atoms with Gasteiger partial charge in [0.1, 0.15) is 0 Å². The van der Waals surface area contributed by atoms with Crippen LogP contribution < -0.4 is 0 Å². The molecule has 0 radical (unpaired) electrons. The molecule has 3 heterocycles. The van der Waals surface area contributed by atoms with E-state index in [1.165, 1.54) is 45.6 Å². The van der Waals surface area contributed by atoms with Crippen molar-refractivity contribution in [3.8, 4) is 16.9 Å². The van der Waals surface area contributed by atoms with E-state index in [9.17, 15) is 4.79 Å². The van der Waals surface area contributed by atoms with E-state index in [1.807, 2.05) is 48.1 Å². The van der Waals surface area contributed by atoms with E-state index < -0.39 is 0 Å². The number of esters is 1. The number of aryl methyl sites for hydroxylation is 1. The van der Waals surface area contributed by atoms with Gasteiger partial charge in [-0.1, -0.05) is 17.7 Å². The Morgan fingerprint density at radius 3 is 2.42 bits per heavy atom. The van der Waals surface area contributed by atoms with Crippen LogP contribution in [-0.2, 0) is 11.3 Å². The Bertz CT molecular complexity index is 1550. The Kier molecular flexibility index (Phi) is 5.45. The number of hydrogen-bond donors (Lipinski definition) is 0. The molecule has 0 atom stereocenters. The van der Waals surface area contributed by atoms with Gasteiger partial charge in [-0.15, -0.1) is 10.2 Å². The van der Waals surface area contributed by atoms with Crippen molar-refractivity contribution in [1.29, 1.82) is 0 Å². The first-order valence-electron chi connectivity index (χ1n) is 13.6. The number of benzene rings is 1. The van der Waals surface area contributed by atoms with Gasteiger partial charge in [-0.2, -0.15) is 5.10 Å². The number of ether oxygens (including phenoxy) is 1. The van der Waals surface area contributed by atoms with Crippen LogP contribution in [0.2, 0.25) is 5.15 Å². The van der Waals surface area contributed by atoms with Crippen LogP contribution in [0.3, 0.4) is 0 Å². The van der Waals surface area contributed by atoms with Gasteiger partial charge in [0.15, 0.2) is 11.0 Å². The molecule has 4 saturated carbocycles. The molecule has 0 aliphatic heterocycles. The summed E-state index contributed by atoms with van der Waals surface area (Å²) < 4.78 is 9.39. The fourth-order valence-electron chi connectivity index (χ4n) is 8.21. The summed E-state index contributed by atoms with van der Waals surface area (Å²) in [6.45, 7) is 5.00. The van der Waals surface area contributed by atoms with Crippen LogP contribution in [0, 0.1) is 37.0 Å². The van der Waals surface area contributed by atoms with Gasteiger partial charge in [0, 0.05) is 34.9 Å². The molecule has 4 aliphatic rings. The van der Waals surface area contributed by atoms with Crippen molar-refractivity contribution < 1.29 is 9.53 Å². The topological polar surface area (TPSA) is 74.8 Å². The zero-order valence-corrected chi connectivity index (χ0v) is 22.8. The predicted octanol–water partition coefficient (Wildman–Crippen LogP) is 6.56. The zero-order valence-electron chi connectivity index (χ0n) is 22.1. The highest BCUT2D eigenvalue weighted by molar-refractivity contribution is 6.30. The number of carbonyl (C=O) groups is 1. The van der Waals surface area contributed by atoms with E-state index in [4.69, 9.17) is 21.4 Å². The highest BCUT2D eigenvalue weighted by atomic mass is 35.5. The van der Waals surface area contributed by atoms with Gasteiger partial charge in [-0.3, -0.25) is 9.25 Å². The van der Waals surface area contributed by atoms with Gasteiger partial charge in [0.2, 0.25) is 0 Å². The van der Waals surface area contributed by atoms with Crippen molar-refractivity contribution in [2.75, 3.05) is 7.11 Å². The first-order valence-corrected chi connectivity index (χ1v) is 14.0. The average molecular weight is 530 g/mol. The number of fused-ring (bicyclic) bond motifs is 1. The van der Waals surface area contributed by atoms with Crippen molar-refractivity contribution in [2.24, 2.45) is 23.2 Å². The maximum atomic E-state index is 13.2. The van der Waals surface area contributed by atoms with Crippen LogP contribution in [0.5, 0.6) is 0 Å². The summed E-state index contributed by atoms with van der Waals surface area (Å²) in [7, 11) is 1.43. The van der Waals surface area contributed by atoms with Gasteiger partial charge >= 0.3 is 5.97 Å². The molecule has 0 saturated heterocycles. The lowest BCUT2D eigenvalue weighted by Gasteiger charge is -2.56. The fraction of sp³-hybridized carbons (Fsp3) is 0.467. The van der Waals surface area contributed by atoms with Gasteiger partial charge in [0.25, 0.3) is 0 Å². The van der Waals surface area contributed by atoms with E-state index in [0.717, 1.165) is 57.6 Å². The zero-order chi connectivity index (χ0) is 26.2. The van der Waals surface area contributed by atoms with Crippen molar-refractivity contribution >= 4 is 28.5 Å². The van der Waals surface area contributed by atoms with Crippen LogP contribution >= 0.6 is 11.6 Å². The van der Waals surface area contributed by atoms with Crippen molar-refractivity contribution in [2.45, 2.75) is 58.9 Å². The summed E-state index contributed by atoms with van der Waals surface area (Å²) in [5, 5.41) is 14.4. The Hall–Kier alpha value is -3.19. The lowest BCUT2D eigenvalue weighted by molar-refractivity contribution is -0.0638. The number of rotatable bonds is 5. The minimum atomic E-state index is -0.366. The summed E-state index contributed by atoms with van der Waals surface area (Å²) in [6, 6.07) is 7.85. The van der Waals surface area contributed by atoms with Gasteiger partial charge in [-0.25, -0.2) is 4.79 Å². The molecule has 0 unspecified atom stereocenters. The van der Waals surface area contributed by atoms with E-state index in [-0.39, 0.29) is 5.97 Å². The fourth-order valence-corrected chi connectivity index (χ4v) is 8.30. The van der Waals surface area contributed by atoms with E-state index in [1.54, 1.807) is 0 Å². The Morgan fingerprint density at radius 1 is 1.05 bits per heavy atom. The Labute approximate surface area is 227 Å². The first-order chi connectivity index (χ1) is 18.3. The summed E-state index contributed by atoms with van der Waals surface area (Å²) in [5.74, 6) is 2.99. The third-order valence-corrected chi connectivity index (χ3v) is 9.84. The molecule has 4 aliphatic carbocycles. The van der Waals surface area contributed by atoms with E-state index in [2.05, 4.69) is 21.8 Å². The third kappa shape index (κ3) is 3.69. The number of nitrogens with zero attached hydrogens (tertiary/aromatic N) is 5. The van der Waals surface area contributed by atoms with Crippen LogP contribution in [-0.4, -0.2) is 37.6 Å². The standard InChI is InChI=1S/C30H32ClN5O2/c1-17-8-26(33-34-28(17)31)35-7-6-23-25(35)5-4-22(27(23)29(37)38-3)24-15-32-36(18(24)2)16-30-12-19-9-20(13-30)11-21(10-19)14-30/h4-8,15,19-21H,9-14,16H2,1-3H3. The van der Waals surface area contributed by atoms with E-state index in [0.29, 0.717) is 21.9 Å². The molecule has 7 nitrogen and oxygen atoms in total. The predicted molar refractivity (Wildman–Crippen MR) is 147 cm³/mol. The van der Waals surface area contributed by atoms with Crippen LogP contribution in [0.15, 0.2) is 36.7 Å². The first kappa shape index (κ1) is 23.9. The lowest BCUT2D eigenvalue weighted by atomic mass is 9.49. The molecular formula is C30H32ClN5O2. The average Bonchev–Trinajstić information content (AvgIpc) is 3.47. The van der Waals surface area contributed by atoms with Crippen LogP contribution in [0.1, 0.15) is 60.1 Å². The van der Waals surface area contributed by atoms with Gasteiger partial charge in [-0.05, 0) is 99.3 Å². The molecule has 0 spiro atoms. The maximum Gasteiger partial charge on any atom is 0.339 e. The molecular weight excluding hydrogens is 498 g/mol. The molecule has 4 bridgehead atoms. The number of methoxy groups -OCH3 is 1. The highest BCUT2D eigenvalue weighted by Crippen LogP contribution is 2.60. The molecule has 4 fully saturated rings. The largest absolute Gasteiger partial charge is 0.465 e. The summed E-state index contributed by atoms with van der Waals surface area (Å²) in [5.41, 5.74) is 5.53. The number of carbonyl (C=O) groups excluding carboxylic acids is 1. The van der Waals surface area contributed by atoms with Crippen molar-refractivity contribution in [3.05, 3.63) is 58.6 Å². The smallest absolute Gasteiger partial charge is 0.339 e. The molecule has 4 aromatic rings. The lowest BCUT2D eigenvalue weighted by Crippen LogP contribution is -2.48. The second-order valence-corrected chi connectivity index (χ2v) is 12.4. The summed E-state index contributed by atoms with van der Waals surface area (Å²) >= 11 is 6.10. The second kappa shape index (κ2) is 8.67.